The van der Waals surface area contributed by atoms with Gasteiger partial charge in [0.2, 0.25) is 5.78 Å². The van der Waals surface area contributed by atoms with Crippen LogP contribution >= 0.6 is 0 Å². The quantitative estimate of drug-likeness (QED) is 0.505. The van der Waals surface area contributed by atoms with Crippen molar-refractivity contribution in [3.05, 3.63) is 70.6 Å². The zero-order chi connectivity index (χ0) is 17.8. The van der Waals surface area contributed by atoms with E-state index in [0.717, 1.165) is 11.1 Å². The highest BCUT2D eigenvalue weighted by Gasteiger charge is 2.17. The Morgan fingerprint density at radius 2 is 1.72 bits per heavy atom. The molecule has 0 saturated heterocycles. The van der Waals surface area contributed by atoms with Crippen LogP contribution in [0.5, 0.6) is 11.5 Å². The van der Waals surface area contributed by atoms with Gasteiger partial charge in [-0.2, -0.15) is 0 Å². The zero-order valence-electron chi connectivity index (χ0n) is 14.0. The molecule has 0 fully saturated rings. The van der Waals surface area contributed by atoms with Crippen LogP contribution < -0.4 is 15.1 Å². The van der Waals surface area contributed by atoms with Gasteiger partial charge in [0.15, 0.2) is 6.10 Å². The first kappa shape index (κ1) is 16.8. The lowest BCUT2D eigenvalue weighted by molar-refractivity contribution is 0.0818. The molecule has 0 aliphatic rings. The number of hydrogen-bond acceptors (Lipinski definition) is 5. The lowest BCUT2D eigenvalue weighted by Gasteiger charge is -2.14. The summed E-state index contributed by atoms with van der Waals surface area (Å²) >= 11 is 0. The van der Waals surface area contributed by atoms with Gasteiger partial charge in [-0.25, -0.2) is 4.79 Å². The van der Waals surface area contributed by atoms with Crippen molar-refractivity contribution in [3.8, 4) is 11.5 Å². The molecule has 5 nitrogen and oxygen atoms in total. The number of ether oxygens (including phenoxy) is 2. The van der Waals surface area contributed by atoms with Crippen LogP contribution in [0.15, 0.2) is 63.8 Å². The van der Waals surface area contributed by atoms with Gasteiger partial charge in [-0.05, 0) is 56.3 Å². The second kappa shape index (κ2) is 7.21. The molecule has 0 unspecified atom stereocenters. The topological polar surface area (TPSA) is 65.7 Å². The molecule has 128 valence electrons. The fourth-order valence-corrected chi connectivity index (χ4v) is 2.49. The maximum absolute atomic E-state index is 12.5. The predicted molar refractivity (Wildman–Crippen MR) is 94.5 cm³/mol. The van der Waals surface area contributed by atoms with E-state index in [1.54, 1.807) is 55.5 Å². The highest BCUT2D eigenvalue weighted by Crippen LogP contribution is 2.21. The van der Waals surface area contributed by atoms with Gasteiger partial charge in [-0.1, -0.05) is 0 Å². The van der Waals surface area contributed by atoms with Gasteiger partial charge in [0.25, 0.3) is 0 Å². The molecule has 0 radical (unpaired) electrons. The van der Waals surface area contributed by atoms with E-state index >= 15 is 0 Å². The second-order valence-electron chi connectivity index (χ2n) is 5.54. The average molecular weight is 338 g/mol. The molecular formula is C20H18O5. The fraction of sp³-hybridized carbons (Fsp3) is 0.200. The van der Waals surface area contributed by atoms with Gasteiger partial charge < -0.3 is 13.9 Å². The van der Waals surface area contributed by atoms with Crippen LogP contribution in [-0.4, -0.2) is 18.5 Å². The summed E-state index contributed by atoms with van der Waals surface area (Å²) in [7, 11) is 0. The predicted octanol–water partition coefficient (Wildman–Crippen LogP) is 3.84. The summed E-state index contributed by atoms with van der Waals surface area (Å²) in [5.41, 5.74) is 0.539. The molecule has 3 aromatic rings. The van der Waals surface area contributed by atoms with Gasteiger partial charge in [-0.3, -0.25) is 4.79 Å². The fourth-order valence-electron chi connectivity index (χ4n) is 2.49. The molecule has 0 N–H and O–H groups in total. The summed E-state index contributed by atoms with van der Waals surface area (Å²) in [4.78, 5) is 23.8. The third-order valence-electron chi connectivity index (χ3n) is 3.73. The Kier molecular flexibility index (Phi) is 4.84. The smallest absolute Gasteiger partial charge is 0.336 e. The zero-order valence-corrected chi connectivity index (χ0v) is 14.0. The summed E-state index contributed by atoms with van der Waals surface area (Å²) < 4.78 is 16.2. The third kappa shape index (κ3) is 3.88. The lowest BCUT2D eigenvalue weighted by Crippen LogP contribution is -2.23. The Hall–Kier alpha value is -3.08. The van der Waals surface area contributed by atoms with E-state index in [2.05, 4.69) is 0 Å². The van der Waals surface area contributed by atoms with E-state index in [1.807, 2.05) is 6.92 Å². The molecule has 0 aliphatic carbocycles. The summed E-state index contributed by atoms with van der Waals surface area (Å²) in [6.45, 7) is 4.16. The van der Waals surface area contributed by atoms with Crippen molar-refractivity contribution in [2.45, 2.75) is 20.0 Å². The van der Waals surface area contributed by atoms with E-state index < -0.39 is 11.7 Å². The highest BCUT2D eigenvalue weighted by atomic mass is 16.5. The first-order valence-corrected chi connectivity index (χ1v) is 8.04. The standard InChI is InChI=1S/C20H18O5/c1-3-23-16-8-5-15(6-9-16)20(22)13(2)24-17-10-4-14-7-11-19(21)25-18(14)12-17/h4-13H,3H2,1-2H3/t13-/m1/s1. The third-order valence-corrected chi connectivity index (χ3v) is 3.73. The van der Waals surface area contributed by atoms with E-state index in [-0.39, 0.29) is 5.78 Å². The Bertz CT molecular complexity index is 940. The van der Waals surface area contributed by atoms with Gasteiger partial charge >= 0.3 is 5.63 Å². The number of fused-ring (bicyclic) bond motifs is 1. The molecule has 25 heavy (non-hydrogen) atoms. The SMILES string of the molecule is CCOc1ccc(C(=O)[C@@H](C)Oc2ccc3ccc(=O)oc3c2)cc1. The molecule has 0 amide bonds. The Morgan fingerprint density at radius 1 is 1.04 bits per heavy atom. The summed E-state index contributed by atoms with van der Waals surface area (Å²) in [6, 6.07) is 15.1. The molecule has 0 aliphatic heterocycles. The average Bonchev–Trinajstić information content (AvgIpc) is 2.61. The normalized spacial score (nSPS) is 11.9. The van der Waals surface area contributed by atoms with E-state index in [4.69, 9.17) is 13.9 Å². The molecule has 0 spiro atoms. The van der Waals surface area contributed by atoms with Gasteiger partial charge in [0.1, 0.15) is 17.1 Å². The van der Waals surface area contributed by atoms with Crippen LogP contribution in [0.2, 0.25) is 0 Å². The van der Waals surface area contributed by atoms with Crippen LogP contribution in [-0.2, 0) is 0 Å². The number of hydrogen-bond donors (Lipinski definition) is 0. The van der Waals surface area contributed by atoms with E-state index in [1.165, 1.54) is 6.07 Å². The maximum atomic E-state index is 12.5. The molecule has 0 bridgehead atoms. The second-order valence-corrected chi connectivity index (χ2v) is 5.54. The van der Waals surface area contributed by atoms with Crippen molar-refractivity contribution in [1.29, 1.82) is 0 Å². The maximum Gasteiger partial charge on any atom is 0.336 e. The van der Waals surface area contributed by atoms with Crippen molar-refractivity contribution in [2.75, 3.05) is 6.61 Å². The Morgan fingerprint density at radius 3 is 2.44 bits per heavy atom. The van der Waals surface area contributed by atoms with Crippen molar-refractivity contribution >= 4 is 16.8 Å². The van der Waals surface area contributed by atoms with Crippen LogP contribution in [0.4, 0.5) is 0 Å². The number of benzene rings is 2. The van der Waals surface area contributed by atoms with Crippen LogP contribution in [0.3, 0.4) is 0 Å². The first-order chi connectivity index (χ1) is 12.1. The monoisotopic (exact) mass is 338 g/mol. The largest absolute Gasteiger partial charge is 0.494 e. The molecule has 5 heteroatoms. The van der Waals surface area contributed by atoms with Crippen LogP contribution in [0.25, 0.3) is 11.0 Å². The Labute approximate surface area is 144 Å². The van der Waals surface area contributed by atoms with Gasteiger partial charge in [-0.15, -0.1) is 0 Å². The number of carbonyl (C=O) groups is 1. The molecule has 1 atom stereocenters. The summed E-state index contributed by atoms with van der Waals surface area (Å²) in [6.07, 6.45) is -0.675. The molecule has 1 aromatic heterocycles. The van der Waals surface area contributed by atoms with E-state index in [0.29, 0.717) is 23.5 Å². The summed E-state index contributed by atoms with van der Waals surface area (Å²) in [5, 5.41) is 0.789. The minimum absolute atomic E-state index is 0.141. The molecule has 2 aromatic carbocycles. The van der Waals surface area contributed by atoms with Crippen molar-refractivity contribution in [1.82, 2.24) is 0 Å². The summed E-state index contributed by atoms with van der Waals surface area (Å²) in [5.74, 6) is 1.04. The van der Waals surface area contributed by atoms with Gasteiger partial charge in [0.05, 0.1) is 6.61 Å². The number of ketones is 1. The van der Waals surface area contributed by atoms with Crippen LogP contribution in [0.1, 0.15) is 24.2 Å². The molecule has 1 heterocycles. The van der Waals surface area contributed by atoms with Gasteiger partial charge in [0, 0.05) is 23.1 Å². The van der Waals surface area contributed by atoms with Crippen molar-refractivity contribution < 1.29 is 18.7 Å². The minimum atomic E-state index is -0.675. The van der Waals surface area contributed by atoms with Crippen molar-refractivity contribution in [2.24, 2.45) is 0 Å². The number of rotatable bonds is 6. The van der Waals surface area contributed by atoms with Crippen LogP contribution in [0, 0.1) is 0 Å². The molecular weight excluding hydrogens is 320 g/mol. The molecule has 3 rings (SSSR count). The van der Waals surface area contributed by atoms with Crippen molar-refractivity contribution in [3.63, 3.8) is 0 Å². The first-order valence-electron chi connectivity index (χ1n) is 8.04. The highest BCUT2D eigenvalue weighted by molar-refractivity contribution is 5.99. The lowest BCUT2D eigenvalue weighted by atomic mass is 10.1. The number of Topliss-reactive ketones (excluding diaryl/α,β-unsaturated/α-hetero) is 1. The minimum Gasteiger partial charge on any atom is -0.494 e. The molecule has 0 saturated carbocycles. The van der Waals surface area contributed by atoms with E-state index in [9.17, 15) is 9.59 Å². The Balaban J connectivity index is 1.75. The number of carbonyl (C=O) groups excluding carboxylic acids is 1.